The standard InChI is InChI=1S/C13H15NO3/c1-3-12(15)17-10(2)13(16)14-9-11-7-5-4-6-8-11/h3-8,10H,1,9H2,2H3,(H,14,16). The third kappa shape index (κ3) is 4.51. The van der Waals surface area contributed by atoms with Gasteiger partial charge in [-0.25, -0.2) is 4.79 Å². The molecule has 0 radical (unpaired) electrons. The summed E-state index contributed by atoms with van der Waals surface area (Å²) in [7, 11) is 0. The topological polar surface area (TPSA) is 55.4 Å². The predicted molar refractivity (Wildman–Crippen MR) is 64.0 cm³/mol. The summed E-state index contributed by atoms with van der Waals surface area (Å²) in [5.74, 6) is -0.934. The van der Waals surface area contributed by atoms with Gasteiger partial charge in [0.1, 0.15) is 0 Å². The Kier molecular flexibility index (Phi) is 4.94. The van der Waals surface area contributed by atoms with Crippen molar-refractivity contribution in [2.45, 2.75) is 19.6 Å². The fraction of sp³-hybridized carbons (Fsp3) is 0.231. The van der Waals surface area contributed by atoms with Gasteiger partial charge < -0.3 is 10.1 Å². The van der Waals surface area contributed by atoms with Crippen LogP contribution in [0, 0.1) is 0 Å². The van der Waals surface area contributed by atoms with Gasteiger partial charge in [-0.3, -0.25) is 4.79 Å². The van der Waals surface area contributed by atoms with Crippen molar-refractivity contribution in [2.24, 2.45) is 0 Å². The van der Waals surface area contributed by atoms with Crippen LogP contribution >= 0.6 is 0 Å². The lowest BCUT2D eigenvalue weighted by atomic mass is 10.2. The van der Waals surface area contributed by atoms with Crippen LogP contribution in [0.3, 0.4) is 0 Å². The fourth-order valence-electron chi connectivity index (χ4n) is 1.20. The van der Waals surface area contributed by atoms with Crippen LogP contribution in [0.1, 0.15) is 12.5 Å². The molecule has 0 heterocycles. The van der Waals surface area contributed by atoms with Crippen molar-refractivity contribution in [1.82, 2.24) is 5.32 Å². The smallest absolute Gasteiger partial charge is 0.330 e. The first-order valence-corrected chi connectivity index (χ1v) is 5.28. The largest absolute Gasteiger partial charge is 0.449 e. The minimum Gasteiger partial charge on any atom is -0.449 e. The molecule has 1 N–H and O–H groups in total. The average Bonchev–Trinajstić information content (AvgIpc) is 2.36. The zero-order valence-electron chi connectivity index (χ0n) is 9.68. The molecule has 0 bridgehead atoms. The summed E-state index contributed by atoms with van der Waals surface area (Å²) in [4.78, 5) is 22.4. The van der Waals surface area contributed by atoms with Gasteiger partial charge in [0.05, 0.1) is 0 Å². The summed E-state index contributed by atoms with van der Waals surface area (Å²) in [5, 5.41) is 2.68. The van der Waals surface area contributed by atoms with E-state index in [0.29, 0.717) is 6.54 Å². The number of hydrogen-bond acceptors (Lipinski definition) is 3. The van der Waals surface area contributed by atoms with E-state index in [1.165, 1.54) is 6.92 Å². The van der Waals surface area contributed by atoms with Crippen LogP contribution in [0.25, 0.3) is 0 Å². The molecule has 0 aromatic heterocycles. The van der Waals surface area contributed by atoms with Gasteiger partial charge in [-0.1, -0.05) is 36.9 Å². The number of carbonyl (C=O) groups is 2. The van der Waals surface area contributed by atoms with E-state index < -0.39 is 12.1 Å². The first kappa shape index (κ1) is 13.0. The van der Waals surface area contributed by atoms with Gasteiger partial charge in [0, 0.05) is 12.6 Å². The van der Waals surface area contributed by atoms with E-state index in [1.54, 1.807) is 0 Å². The Balaban J connectivity index is 2.39. The second-order valence-corrected chi connectivity index (χ2v) is 3.49. The number of amides is 1. The lowest BCUT2D eigenvalue weighted by molar-refractivity contribution is -0.150. The van der Waals surface area contributed by atoms with E-state index in [9.17, 15) is 9.59 Å². The molecule has 0 spiro atoms. The number of hydrogen-bond donors (Lipinski definition) is 1. The van der Waals surface area contributed by atoms with Crippen molar-refractivity contribution in [3.63, 3.8) is 0 Å². The highest BCUT2D eigenvalue weighted by atomic mass is 16.5. The molecule has 1 unspecified atom stereocenters. The molecule has 1 atom stereocenters. The monoisotopic (exact) mass is 233 g/mol. The van der Waals surface area contributed by atoms with E-state index >= 15 is 0 Å². The maximum absolute atomic E-state index is 11.5. The van der Waals surface area contributed by atoms with Crippen LogP contribution in [0.5, 0.6) is 0 Å². The first-order chi connectivity index (χ1) is 8.13. The molecule has 1 rings (SSSR count). The molecule has 0 aliphatic rings. The molecule has 0 aliphatic carbocycles. The van der Waals surface area contributed by atoms with Crippen molar-refractivity contribution in [1.29, 1.82) is 0 Å². The van der Waals surface area contributed by atoms with Crippen molar-refractivity contribution >= 4 is 11.9 Å². The highest BCUT2D eigenvalue weighted by Gasteiger charge is 2.15. The van der Waals surface area contributed by atoms with Crippen LogP contribution in [-0.4, -0.2) is 18.0 Å². The summed E-state index contributed by atoms with van der Waals surface area (Å²) in [6.45, 7) is 5.19. The van der Waals surface area contributed by atoms with Crippen molar-refractivity contribution in [3.05, 3.63) is 48.6 Å². The number of nitrogens with one attached hydrogen (secondary N) is 1. The summed E-state index contributed by atoms with van der Waals surface area (Å²) in [6, 6.07) is 9.49. The van der Waals surface area contributed by atoms with E-state index in [1.807, 2.05) is 30.3 Å². The Labute approximate surface area is 100 Å². The van der Waals surface area contributed by atoms with Crippen LogP contribution in [0.4, 0.5) is 0 Å². The molecule has 1 amide bonds. The average molecular weight is 233 g/mol. The third-order valence-corrected chi connectivity index (χ3v) is 2.14. The van der Waals surface area contributed by atoms with Gasteiger partial charge in [0.15, 0.2) is 6.10 Å². The summed E-state index contributed by atoms with van der Waals surface area (Å²) < 4.78 is 4.78. The molecule has 17 heavy (non-hydrogen) atoms. The SMILES string of the molecule is C=CC(=O)OC(C)C(=O)NCc1ccccc1. The lowest BCUT2D eigenvalue weighted by Crippen LogP contribution is -2.35. The van der Waals surface area contributed by atoms with Gasteiger partial charge in [-0.15, -0.1) is 0 Å². The maximum Gasteiger partial charge on any atom is 0.330 e. The minimum absolute atomic E-state index is 0.330. The Morgan fingerprint density at radius 1 is 1.41 bits per heavy atom. The van der Waals surface area contributed by atoms with Crippen molar-refractivity contribution in [3.8, 4) is 0 Å². The molecule has 1 aromatic rings. The Morgan fingerprint density at radius 3 is 2.65 bits per heavy atom. The molecule has 0 saturated carbocycles. The summed E-state index contributed by atoms with van der Waals surface area (Å²) in [6.07, 6.45) is 0.213. The molecule has 4 heteroatoms. The molecular formula is C13H15NO3. The molecule has 0 fully saturated rings. The Hall–Kier alpha value is -2.10. The second-order valence-electron chi connectivity index (χ2n) is 3.49. The van der Waals surface area contributed by atoms with Crippen LogP contribution in [0.15, 0.2) is 43.0 Å². The fourth-order valence-corrected chi connectivity index (χ4v) is 1.20. The number of benzene rings is 1. The number of carbonyl (C=O) groups excluding carboxylic acids is 2. The minimum atomic E-state index is -0.816. The highest BCUT2D eigenvalue weighted by Crippen LogP contribution is 1.99. The Morgan fingerprint density at radius 2 is 2.06 bits per heavy atom. The number of esters is 1. The molecule has 0 saturated heterocycles. The first-order valence-electron chi connectivity index (χ1n) is 5.28. The zero-order chi connectivity index (χ0) is 12.7. The Bertz CT molecular complexity index is 400. The normalized spacial score (nSPS) is 11.4. The van der Waals surface area contributed by atoms with Crippen molar-refractivity contribution < 1.29 is 14.3 Å². The van der Waals surface area contributed by atoms with E-state index in [0.717, 1.165) is 11.6 Å². The molecule has 90 valence electrons. The second kappa shape index (κ2) is 6.48. The quantitative estimate of drug-likeness (QED) is 0.618. The van der Waals surface area contributed by atoms with Gasteiger partial charge in [0.25, 0.3) is 5.91 Å². The van der Waals surface area contributed by atoms with Crippen LogP contribution in [0.2, 0.25) is 0 Å². The van der Waals surface area contributed by atoms with Gasteiger partial charge in [-0.05, 0) is 12.5 Å². The van der Waals surface area contributed by atoms with Crippen LogP contribution < -0.4 is 5.32 Å². The zero-order valence-corrected chi connectivity index (χ0v) is 9.68. The predicted octanol–water partition coefficient (Wildman–Crippen LogP) is 1.42. The maximum atomic E-state index is 11.5. The van der Waals surface area contributed by atoms with Gasteiger partial charge >= 0.3 is 5.97 Å². The summed E-state index contributed by atoms with van der Waals surface area (Å²) >= 11 is 0. The molecule has 0 aliphatic heterocycles. The van der Waals surface area contributed by atoms with E-state index in [2.05, 4.69) is 11.9 Å². The van der Waals surface area contributed by atoms with E-state index in [4.69, 9.17) is 4.74 Å². The highest BCUT2D eigenvalue weighted by molar-refractivity contribution is 5.86. The van der Waals surface area contributed by atoms with E-state index in [-0.39, 0.29) is 5.91 Å². The summed E-state index contributed by atoms with van der Waals surface area (Å²) in [5.41, 5.74) is 0.989. The number of rotatable bonds is 5. The molecular weight excluding hydrogens is 218 g/mol. The van der Waals surface area contributed by atoms with Gasteiger partial charge in [-0.2, -0.15) is 0 Å². The lowest BCUT2D eigenvalue weighted by Gasteiger charge is -2.12. The molecule has 1 aromatic carbocycles. The molecule has 4 nitrogen and oxygen atoms in total. The number of ether oxygens (including phenoxy) is 1. The third-order valence-electron chi connectivity index (χ3n) is 2.14. The van der Waals surface area contributed by atoms with Gasteiger partial charge in [0.2, 0.25) is 0 Å². The van der Waals surface area contributed by atoms with Crippen molar-refractivity contribution in [2.75, 3.05) is 0 Å². The van der Waals surface area contributed by atoms with Crippen LogP contribution in [-0.2, 0) is 20.9 Å².